The number of nitrogens with zero attached hydrogens (tertiary/aromatic N) is 1. The van der Waals surface area contributed by atoms with Crippen LogP contribution in [0.25, 0.3) is 0 Å². The summed E-state index contributed by atoms with van der Waals surface area (Å²) in [6.45, 7) is 3.96. The summed E-state index contributed by atoms with van der Waals surface area (Å²) in [4.78, 5) is 39.7. The Bertz CT molecular complexity index is 1160. The highest BCUT2D eigenvalue weighted by Gasteiger charge is 2.40. The Hall–Kier alpha value is -3.58. The summed E-state index contributed by atoms with van der Waals surface area (Å²) in [5.41, 5.74) is 4.11. The van der Waals surface area contributed by atoms with Crippen molar-refractivity contribution in [3.63, 3.8) is 0 Å². The van der Waals surface area contributed by atoms with Crippen molar-refractivity contribution in [1.82, 2.24) is 0 Å². The lowest BCUT2D eigenvalue weighted by molar-refractivity contribution is -0.121. The number of para-hydroxylation sites is 1. The van der Waals surface area contributed by atoms with Crippen LogP contribution in [-0.4, -0.2) is 23.1 Å². The zero-order valence-electron chi connectivity index (χ0n) is 17.8. The highest BCUT2D eigenvalue weighted by Crippen LogP contribution is 2.34. The Balaban J connectivity index is 1.38. The fourth-order valence-corrected chi connectivity index (χ4v) is 4.48. The first kappa shape index (κ1) is 21.6. The van der Waals surface area contributed by atoms with Crippen LogP contribution in [0, 0.1) is 13.8 Å². The summed E-state index contributed by atoms with van der Waals surface area (Å²) in [6.07, 6.45) is 0.163. The third-order valence-corrected chi connectivity index (χ3v) is 6.47. The first-order chi connectivity index (χ1) is 15.4. The van der Waals surface area contributed by atoms with E-state index in [1.54, 1.807) is 24.3 Å². The molecule has 3 aromatic rings. The highest BCUT2D eigenvalue weighted by molar-refractivity contribution is 8.00. The van der Waals surface area contributed by atoms with Crippen LogP contribution in [0.2, 0.25) is 0 Å². The van der Waals surface area contributed by atoms with Crippen molar-refractivity contribution in [2.45, 2.75) is 30.4 Å². The largest absolute Gasteiger partial charge is 0.323 e. The van der Waals surface area contributed by atoms with E-state index >= 15 is 0 Å². The van der Waals surface area contributed by atoms with E-state index in [1.165, 1.54) is 16.7 Å². The van der Waals surface area contributed by atoms with Gasteiger partial charge in [-0.05, 0) is 73.5 Å². The molecule has 6 nitrogen and oxygen atoms in total. The van der Waals surface area contributed by atoms with E-state index in [4.69, 9.17) is 0 Å². The van der Waals surface area contributed by atoms with E-state index in [2.05, 4.69) is 10.6 Å². The average molecular weight is 446 g/mol. The highest BCUT2D eigenvalue weighted by atomic mass is 32.2. The van der Waals surface area contributed by atoms with Crippen molar-refractivity contribution in [3.05, 3.63) is 83.9 Å². The second-order valence-corrected chi connectivity index (χ2v) is 8.89. The molecule has 7 heteroatoms. The van der Waals surface area contributed by atoms with Crippen molar-refractivity contribution in [3.8, 4) is 0 Å². The van der Waals surface area contributed by atoms with E-state index in [1.807, 2.05) is 62.4 Å². The van der Waals surface area contributed by atoms with Crippen LogP contribution in [0.1, 0.15) is 17.5 Å². The molecule has 4 amide bonds. The van der Waals surface area contributed by atoms with Gasteiger partial charge < -0.3 is 10.6 Å². The molecule has 4 rings (SSSR count). The smallest absolute Gasteiger partial charge is 0.308 e. The third-order valence-electron chi connectivity index (χ3n) is 5.28. The van der Waals surface area contributed by atoms with Crippen molar-refractivity contribution < 1.29 is 14.4 Å². The minimum absolute atomic E-state index is 0.163. The number of aryl methyl sites for hydroxylation is 2. The van der Waals surface area contributed by atoms with Gasteiger partial charge in [0.1, 0.15) is 0 Å². The fraction of sp³-hybridized carbons (Fsp3) is 0.160. The maximum absolute atomic E-state index is 12.9. The predicted molar refractivity (Wildman–Crippen MR) is 128 cm³/mol. The van der Waals surface area contributed by atoms with Crippen LogP contribution in [0.5, 0.6) is 0 Å². The van der Waals surface area contributed by atoms with Crippen LogP contribution >= 0.6 is 11.8 Å². The number of urea groups is 1. The van der Waals surface area contributed by atoms with E-state index in [-0.39, 0.29) is 24.3 Å². The topological polar surface area (TPSA) is 78.5 Å². The quantitative estimate of drug-likeness (QED) is 0.518. The van der Waals surface area contributed by atoms with Crippen molar-refractivity contribution in [2.75, 3.05) is 15.5 Å². The molecule has 0 aliphatic carbocycles. The molecule has 1 saturated heterocycles. The first-order valence-electron chi connectivity index (χ1n) is 10.2. The lowest BCUT2D eigenvalue weighted by Crippen LogP contribution is -2.31. The van der Waals surface area contributed by atoms with E-state index < -0.39 is 5.25 Å². The van der Waals surface area contributed by atoms with Crippen molar-refractivity contribution in [2.24, 2.45) is 0 Å². The number of carbonyl (C=O) groups excluding carboxylic acids is 3. The number of carbonyl (C=O) groups is 3. The number of hydrogen-bond acceptors (Lipinski definition) is 4. The van der Waals surface area contributed by atoms with Gasteiger partial charge in [0.05, 0.1) is 10.9 Å². The SMILES string of the molecule is Cc1ccc(N2C(=O)C[C@H](Sc3ccc(NC(=O)Nc4ccccc4)cc3)C2=O)cc1C. The van der Waals surface area contributed by atoms with Gasteiger partial charge in [0.15, 0.2) is 0 Å². The summed E-state index contributed by atoms with van der Waals surface area (Å²) < 4.78 is 0. The number of anilines is 3. The summed E-state index contributed by atoms with van der Waals surface area (Å²) in [6, 6.07) is 21.7. The van der Waals surface area contributed by atoms with Crippen molar-refractivity contribution >= 4 is 46.7 Å². The Morgan fingerprint density at radius 1 is 0.875 bits per heavy atom. The van der Waals surface area contributed by atoms with Crippen molar-refractivity contribution in [1.29, 1.82) is 0 Å². The molecular formula is C25H23N3O3S. The van der Waals surface area contributed by atoms with Gasteiger partial charge in [0.25, 0.3) is 0 Å². The molecule has 162 valence electrons. The van der Waals surface area contributed by atoms with Crippen LogP contribution in [0.15, 0.2) is 77.7 Å². The zero-order valence-corrected chi connectivity index (χ0v) is 18.6. The number of benzene rings is 3. The molecule has 1 aliphatic rings. The standard InChI is InChI=1S/C25H23N3O3S/c1-16-8-11-20(14-17(16)2)28-23(29)15-22(24(28)30)32-21-12-9-19(10-13-21)27-25(31)26-18-6-4-3-5-7-18/h3-14,22H,15H2,1-2H3,(H2,26,27,31)/t22-/m0/s1. The van der Waals surface area contributed by atoms with E-state index in [0.29, 0.717) is 17.1 Å². The van der Waals surface area contributed by atoms with Gasteiger partial charge >= 0.3 is 6.03 Å². The molecule has 2 N–H and O–H groups in total. The molecule has 0 unspecified atom stereocenters. The molecular weight excluding hydrogens is 422 g/mol. The summed E-state index contributed by atoms with van der Waals surface area (Å²) in [7, 11) is 0. The van der Waals surface area contributed by atoms with E-state index in [0.717, 1.165) is 16.0 Å². The van der Waals surface area contributed by atoms with Gasteiger partial charge in [-0.25, -0.2) is 9.69 Å². The van der Waals surface area contributed by atoms with Crippen LogP contribution in [0.3, 0.4) is 0 Å². The lowest BCUT2D eigenvalue weighted by Gasteiger charge is -2.16. The number of thioether (sulfide) groups is 1. The maximum Gasteiger partial charge on any atom is 0.323 e. The number of hydrogen-bond donors (Lipinski definition) is 2. The summed E-state index contributed by atoms with van der Waals surface area (Å²) in [5, 5.41) is 5.07. The molecule has 32 heavy (non-hydrogen) atoms. The Kier molecular flexibility index (Phi) is 6.28. The monoisotopic (exact) mass is 445 g/mol. The number of imide groups is 1. The molecule has 3 aromatic carbocycles. The number of nitrogens with one attached hydrogen (secondary N) is 2. The van der Waals surface area contributed by atoms with Crippen LogP contribution in [-0.2, 0) is 9.59 Å². The second-order valence-electron chi connectivity index (χ2n) is 7.62. The Labute approximate surface area is 191 Å². The van der Waals surface area contributed by atoms with Crippen LogP contribution in [0.4, 0.5) is 21.9 Å². The molecule has 1 atom stereocenters. The first-order valence-corrected chi connectivity index (χ1v) is 11.1. The molecule has 0 spiro atoms. The number of rotatable bonds is 5. The van der Waals surface area contributed by atoms with Gasteiger partial charge in [-0.1, -0.05) is 24.3 Å². The molecule has 0 saturated carbocycles. The normalized spacial score (nSPS) is 15.7. The molecule has 1 fully saturated rings. The third kappa shape index (κ3) is 4.84. The van der Waals surface area contributed by atoms with E-state index in [9.17, 15) is 14.4 Å². The molecule has 1 aliphatic heterocycles. The van der Waals surface area contributed by atoms with Gasteiger partial charge in [0.2, 0.25) is 11.8 Å². The Morgan fingerprint density at radius 3 is 2.19 bits per heavy atom. The average Bonchev–Trinajstić information content (AvgIpc) is 3.05. The maximum atomic E-state index is 12.9. The molecule has 0 radical (unpaired) electrons. The van der Waals surface area contributed by atoms with Gasteiger partial charge in [0, 0.05) is 22.7 Å². The van der Waals surface area contributed by atoms with Crippen LogP contribution < -0.4 is 15.5 Å². The van der Waals surface area contributed by atoms with Gasteiger partial charge in [-0.15, -0.1) is 11.8 Å². The minimum Gasteiger partial charge on any atom is -0.308 e. The summed E-state index contributed by atoms with van der Waals surface area (Å²) in [5.74, 6) is -0.390. The molecule has 0 bridgehead atoms. The second kappa shape index (κ2) is 9.28. The predicted octanol–water partition coefficient (Wildman–Crippen LogP) is 5.37. The molecule has 1 heterocycles. The van der Waals surface area contributed by atoms with Gasteiger partial charge in [-0.3, -0.25) is 9.59 Å². The van der Waals surface area contributed by atoms with Gasteiger partial charge in [-0.2, -0.15) is 0 Å². The summed E-state index contributed by atoms with van der Waals surface area (Å²) >= 11 is 1.36. The lowest BCUT2D eigenvalue weighted by atomic mass is 10.1. The molecule has 0 aromatic heterocycles. The fourth-order valence-electron chi connectivity index (χ4n) is 3.43. The Morgan fingerprint density at radius 2 is 1.53 bits per heavy atom. The minimum atomic E-state index is -0.468. The zero-order chi connectivity index (χ0) is 22.7. The number of amides is 4.